The molecule has 0 bridgehead atoms. The number of halogens is 1. The molecule has 3 atom stereocenters. The van der Waals surface area contributed by atoms with E-state index in [1.807, 2.05) is 66.7 Å². The van der Waals surface area contributed by atoms with Crippen molar-refractivity contribution in [1.82, 2.24) is 0 Å². The van der Waals surface area contributed by atoms with Crippen molar-refractivity contribution in [3.05, 3.63) is 88.9 Å². The summed E-state index contributed by atoms with van der Waals surface area (Å²) in [6.07, 6.45) is -0.886. The van der Waals surface area contributed by atoms with Crippen LogP contribution in [0.3, 0.4) is 0 Å². The van der Waals surface area contributed by atoms with Gasteiger partial charge in [0, 0.05) is 4.47 Å². The molecular formula is C24H19BrN2O4. The standard InChI is InChI=1S/C24H19BrN2O4/c1-30-19-13-7-15(8-14-19)21-20-22(31-27(21)18-5-3-2-4-6-18)24(29)26(23(20)28)17-11-9-16(25)10-12-17/h2-14,20-22H,1H3/t20-,21-,22-/m0/s1. The number of rotatable bonds is 4. The highest BCUT2D eigenvalue weighted by Gasteiger charge is 2.60. The first-order chi connectivity index (χ1) is 15.1. The third-order valence-electron chi connectivity index (χ3n) is 5.67. The summed E-state index contributed by atoms with van der Waals surface area (Å²) in [5.41, 5.74) is 2.19. The minimum Gasteiger partial charge on any atom is -0.497 e. The molecule has 0 unspecified atom stereocenters. The molecular weight excluding hydrogens is 460 g/mol. The number of methoxy groups -OCH3 is 1. The zero-order chi connectivity index (χ0) is 21.5. The Bertz CT molecular complexity index is 1120. The number of carbonyl (C=O) groups excluding carboxylic acids is 2. The fourth-order valence-corrected chi connectivity index (χ4v) is 4.46. The lowest BCUT2D eigenvalue weighted by molar-refractivity contribution is -0.126. The highest BCUT2D eigenvalue weighted by molar-refractivity contribution is 9.10. The van der Waals surface area contributed by atoms with Crippen LogP contribution in [0.5, 0.6) is 5.75 Å². The fourth-order valence-electron chi connectivity index (χ4n) is 4.20. The van der Waals surface area contributed by atoms with Crippen molar-refractivity contribution in [3.8, 4) is 5.75 Å². The topological polar surface area (TPSA) is 59.1 Å². The summed E-state index contributed by atoms with van der Waals surface area (Å²) in [4.78, 5) is 34.2. The lowest BCUT2D eigenvalue weighted by atomic mass is 9.90. The fraction of sp³-hybridized carbons (Fsp3) is 0.167. The van der Waals surface area contributed by atoms with Crippen molar-refractivity contribution in [1.29, 1.82) is 0 Å². The summed E-state index contributed by atoms with van der Waals surface area (Å²) in [6.45, 7) is 0. The Hall–Kier alpha value is -3.16. The van der Waals surface area contributed by atoms with Crippen LogP contribution >= 0.6 is 15.9 Å². The number of hydroxylamine groups is 1. The number of benzene rings is 3. The number of carbonyl (C=O) groups is 2. The molecule has 2 amide bonds. The van der Waals surface area contributed by atoms with E-state index in [1.165, 1.54) is 4.90 Å². The average molecular weight is 479 g/mol. The van der Waals surface area contributed by atoms with Crippen LogP contribution in [0.1, 0.15) is 11.6 Å². The van der Waals surface area contributed by atoms with E-state index in [0.29, 0.717) is 5.69 Å². The van der Waals surface area contributed by atoms with Gasteiger partial charge in [0.05, 0.1) is 24.5 Å². The van der Waals surface area contributed by atoms with E-state index in [2.05, 4.69) is 15.9 Å². The Morgan fingerprint density at radius 3 is 2.16 bits per heavy atom. The zero-order valence-electron chi connectivity index (χ0n) is 16.6. The second-order valence-electron chi connectivity index (χ2n) is 7.42. The second kappa shape index (κ2) is 7.83. The first-order valence-corrected chi connectivity index (χ1v) is 10.7. The smallest absolute Gasteiger partial charge is 0.266 e. The van der Waals surface area contributed by atoms with Crippen LogP contribution in [0.25, 0.3) is 0 Å². The van der Waals surface area contributed by atoms with Crippen LogP contribution in [0.4, 0.5) is 11.4 Å². The van der Waals surface area contributed by atoms with Gasteiger partial charge in [0.1, 0.15) is 11.7 Å². The summed E-state index contributed by atoms with van der Waals surface area (Å²) in [7, 11) is 1.61. The Morgan fingerprint density at radius 2 is 1.52 bits per heavy atom. The second-order valence-corrected chi connectivity index (χ2v) is 8.34. The van der Waals surface area contributed by atoms with Gasteiger partial charge in [-0.05, 0) is 54.1 Å². The molecule has 31 heavy (non-hydrogen) atoms. The number of anilines is 2. The molecule has 156 valence electrons. The van der Waals surface area contributed by atoms with Gasteiger partial charge in [-0.15, -0.1) is 0 Å². The van der Waals surface area contributed by atoms with Crippen LogP contribution in [-0.2, 0) is 14.4 Å². The number of fused-ring (bicyclic) bond motifs is 1. The number of hydrogen-bond donors (Lipinski definition) is 0. The van der Waals surface area contributed by atoms with Crippen LogP contribution in [0, 0.1) is 5.92 Å². The molecule has 2 aliphatic heterocycles. The first-order valence-electron chi connectivity index (χ1n) is 9.87. The lowest BCUT2D eigenvalue weighted by Crippen LogP contribution is -2.37. The minimum absolute atomic E-state index is 0.267. The van der Waals surface area contributed by atoms with E-state index >= 15 is 0 Å². The molecule has 2 fully saturated rings. The normalized spacial score (nSPS) is 22.7. The number of imide groups is 1. The van der Waals surface area contributed by atoms with E-state index in [-0.39, 0.29) is 11.8 Å². The maximum Gasteiger partial charge on any atom is 0.266 e. The zero-order valence-corrected chi connectivity index (χ0v) is 18.2. The van der Waals surface area contributed by atoms with Crippen LogP contribution in [0.15, 0.2) is 83.3 Å². The summed E-state index contributed by atoms with van der Waals surface area (Å²) >= 11 is 3.39. The van der Waals surface area contributed by atoms with E-state index < -0.39 is 18.1 Å². The lowest BCUT2D eigenvalue weighted by Gasteiger charge is -2.28. The van der Waals surface area contributed by atoms with E-state index in [4.69, 9.17) is 9.57 Å². The monoisotopic (exact) mass is 478 g/mol. The van der Waals surface area contributed by atoms with E-state index in [0.717, 1.165) is 21.5 Å². The summed E-state index contributed by atoms with van der Waals surface area (Å²) < 4.78 is 6.15. The molecule has 3 aromatic carbocycles. The predicted molar refractivity (Wildman–Crippen MR) is 120 cm³/mol. The molecule has 6 nitrogen and oxygen atoms in total. The number of amides is 2. The SMILES string of the molecule is COc1ccc([C@H]2[C@@H]3C(=O)N(c4ccc(Br)cc4)C(=O)[C@H]3ON2c2ccccc2)cc1. The Morgan fingerprint density at radius 1 is 0.839 bits per heavy atom. The van der Waals surface area contributed by atoms with Crippen molar-refractivity contribution < 1.29 is 19.2 Å². The number of ether oxygens (including phenoxy) is 1. The van der Waals surface area contributed by atoms with Crippen LogP contribution in [0.2, 0.25) is 0 Å². The molecule has 0 saturated carbocycles. The molecule has 5 rings (SSSR count). The molecule has 0 radical (unpaired) electrons. The third-order valence-corrected chi connectivity index (χ3v) is 6.20. The van der Waals surface area contributed by atoms with Gasteiger partial charge in [-0.25, -0.2) is 9.96 Å². The molecule has 2 saturated heterocycles. The largest absolute Gasteiger partial charge is 0.497 e. The highest BCUT2D eigenvalue weighted by Crippen LogP contribution is 2.47. The van der Waals surface area contributed by atoms with E-state index in [9.17, 15) is 9.59 Å². The van der Waals surface area contributed by atoms with Gasteiger partial charge >= 0.3 is 0 Å². The molecule has 0 N–H and O–H groups in total. The summed E-state index contributed by atoms with van der Waals surface area (Å²) in [6, 6.07) is 23.7. The van der Waals surface area contributed by atoms with Gasteiger partial charge in [0.15, 0.2) is 6.10 Å². The minimum atomic E-state index is -0.886. The quantitative estimate of drug-likeness (QED) is 0.516. The van der Waals surface area contributed by atoms with Crippen LogP contribution in [-0.4, -0.2) is 25.0 Å². The van der Waals surface area contributed by atoms with Gasteiger partial charge < -0.3 is 4.74 Å². The summed E-state index contributed by atoms with van der Waals surface area (Å²) in [5, 5.41) is 1.69. The third kappa shape index (κ3) is 3.30. The molecule has 2 aliphatic rings. The summed E-state index contributed by atoms with van der Waals surface area (Å²) in [5.74, 6) is -0.564. The van der Waals surface area contributed by atoms with Gasteiger partial charge in [0.25, 0.3) is 5.91 Å². The van der Waals surface area contributed by atoms with Crippen LogP contribution < -0.4 is 14.7 Å². The molecule has 0 aliphatic carbocycles. The number of nitrogens with zero attached hydrogens (tertiary/aromatic N) is 2. The van der Waals surface area contributed by atoms with E-state index in [1.54, 1.807) is 24.3 Å². The molecule has 0 aromatic heterocycles. The predicted octanol–water partition coefficient (Wildman–Crippen LogP) is 4.51. The van der Waals surface area contributed by atoms with Crippen molar-refractivity contribution in [2.24, 2.45) is 5.92 Å². The van der Waals surface area contributed by atoms with Crippen molar-refractivity contribution in [2.45, 2.75) is 12.1 Å². The van der Waals surface area contributed by atoms with Crippen molar-refractivity contribution in [3.63, 3.8) is 0 Å². The van der Waals surface area contributed by atoms with Crippen molar-refractivity contribution in [2.75, 3.05) is 17.1 Å². The maximum atomic E-state index is 13.5. The van der Waals surface area contributed by atoms with Gasteiger partial charge in [-0.2, -0.15) is 0 Å². The maximum absolute atomic E-state index is 13.5. The van der Waals surface area contributed by atoms with Gasteiger partial charge in [-0.1, -0.05) is 46.3 Å². The van der Waals surface area contributed by atoms with Gasteiger partial charge in [0.2, 0.25) is 5.91 Å². The first kappa shape index (κ1) is 19.8. The highest BCUT2D eigenvalue weighted by atomic mass is 79.9. The Labute approximate surface area is 188 Å². The molecule has 2 heterocycles. The molecule has 3 aromatic rings. The molecule has 7 heteroatoms. The average Bonchev–Trinajstić information content (AvgIpc) is 3.31. The van der Waals surface area contributed by atoms with Gasteiger partial charge in [-0.3, -0.25) is 14.4 Å². The van der Waals surface area contributed by atoms with Crippen molar-refractivity contribution >= 4 is 39.1 Å². The molecule has 0 spiro atoms. The Kier molecular flexibility index (Phi) is 5.00. The Balaban J connectivity index is 1.57. The number of hydrogen-bond acceptors (Lipinski definition) is 5. The number of para-hydroxylation sites is 1.